The molecule has 23 heavy (non-hydrogen) atoms. The number of nitrogens with zero attached hydrogens (tertiary/aromatic N) is 3. The Morgan fingerprint density at radius 1 is 1.30 bits per heavy atom. The van der Waals surface area contributed by atoms with Crippen LogP contribution >= 0.6 is 0 Å². The van der Waals surface area contributed by atoms with Crippen LogP contribution in [0.3, 0.4) is 0 Å². The quantitative estimate of drug-likeness (QED) is 0.917. The van der Waals surface area contributed by atoms with Crippen LogP contribution in [-0.2, 0) is 10.8 Å². The maximum Gasteiger partial charge on any atom is 0.321 e. The smallest absolute Gasteiger partial charge is 0.321 e. The summed E-state index contributed by atoms with van der Waals surface area (Å²) in [5.41, 5.74) is 1.66. The van der Waals surface area contributed by atoms with Crippen LogP contribution in [0, 0.1) is 0 Å². The summed E-state index contributed by atoms with van der Waals surface area (Å²) in [6, 6.07) is 9.21. The van der Waals surface area contributed by atoms with Gasteiger partial charge in [-0.1, -0.05) is 0 Å². The first-order chi connectivity index (χ1) is 11.0. The van der Waals surface area contributed by atoms with Gasteiger partial charge in [-0.15, -0.1) is 0 Å². The Labute approximate surface area is 137 Å². The highest BCUT2D eigenvalue weighted by Crippen LogP contribution is 2.21. The third-order valence-corrected chi connectivity index (χ3v) is 5.82. The van der Waals surface area contributed by atoms with E-state index < -0.39 is 10.8 Å². The van der Waals surface area contributed by atoms with Crippen molar-refractivity contribution >= 4 is 22.5 Å². The number of carbonyl (C=O) groups excluding carboxylic acids is 1. The van der Waals surface area contributed by atoms with E-state index in [9.17, 15) is 9.00 Å². The summed E-state index contributed by atoms with van der Waals surface area (Å²) < 4.78 is 13.3. The molecule has 1 N–H and O–H groups in total. The minimum atomic E-state index is -0.886. The van der Waals surface area contributed by atoms with Gasteiger partial charge in [-0.25, -0.2) is 9.48 Å². The van der Waals surface area contributed by atoms with Gasteiger partial charge in [-0.3, -0.25) is 4.21 Å². The number of hydrogen-bond acceptors (Lipinski definition) is 3. The first-order valence-electron chi connectivity index (χ1n) is 7.50. The second-order valence-corrected chi connectivity index (χ2v) is 8.36. The van der Waals surface area contributed by atoms with Crippen molar-refractivity contribution in [1.29, 1.82) is 0 Å². The lowest BCUT2D eigenvalue weighted by atomic mass is 10.2. The highest BCUT2D eigenvalue weighted by molar-refractivity contribution is 7.86. The Balaban J connectivity index is 1.65. The van der Waals surface area contributed by atoms with Gasteiger partial charge in [0.15, 0.2) is 0 Å². The van der Waals surface area contributed by atoms with Crippen LogP contribution in [0.5, 0.6) is 0 Å². The van der Waals surface area contributed by atoms with Gasteiger partial charge in [-0.2, -0.15) is 5.10 Å². The van der Waals surface area contributed by atoms with Gasteiger partial charge in [0.25, 0.3) is 0 Å². The molecular formula is C16H20N4O2S. The van der Waals surface area contributed by atoms with E-state index in [2.05, 4.69) is 10.4 Å². The van der Waals surface area contributed by atoms with Gasteiger partial charge >= 0.3 is 6.03 Å². The molecule has 0 aliphatic carbocycles. The summed E-state index contributed by atoms with van der Waals surface area (Å²) in [7, 11) is -0.886. The number of urea groups is 1. The molecule has 0 saturated carbocycles. The van der Waals surface area contributed by atoms with Crippen molar-refractivity contribution < 1.29 is 9.00 Å². The number of aromatic nitrogens is 2. The number of anilines is 1. The van der Waals surface area contributed by atoms with E-state index in [1.165, 1.54) is 0 Å². The number of amides is 2. The van der Waals surface area contributed by atoms with Gasteiger partial charge in [0.1, 0.15) is 0 Å². The molecule has 1 aliphatic rings. The second-order valence-electron chi connectivity index (χ2n) is 6.16. The highest BCUT2D eigenvalue weighted by atomic mass is 32.2. The second kappa shape index (κ2) is 6.16. The van der Waals surface area contributed by atoms with E-state index in [1.807, 2.05) is 50.4 Å². The maximum atomic E-state index is 12.4. The first-order valence-corrected chi connectivity index (χ1v) is 8.82. The fourth-order valence-electron chi connectivity index (χ4n) is 2.58. The molecular weight excluding hydrogens is 312 g/mol. The van der Waals surface area contributed by atoms with Gasteiger partial charge < -0.3 is 10.2 Å². The van der Waals surface area contributed by atoms with Gasteiger partial charge in [0.2, 0.25) is 0 Å². The summed E-state index contributed by atoms with van der Waals surface area (Å²) in [6.07, 6.45) is 3.58. The third kappa shape index (κ3) is 3.44. The predicted molar refractivity (Wildman–Crippen MR) is 91.2 cm³/mol. The summed E-state index contributed by atoms with van der Waals surface area (Å²) in [6.45, 7) is 4.88. The Bertz CT molecular complexity index is 710. The number of hydrogen-bond donors (Lipinski definition) is 1. The molecule has 1 atom stereocenters. The summed E-state index contributed by atoms with van der Waals surface area (Å²) in [4.78, 5) is 14.1. The molecule has 1 saturated heterocycles. The summed E-state index contributed by atoms with van der Waals surface area (Å²) in [5, 5.41) is 7.06. The molecule has 0 bridgehead atoms. The predicted octanol–water partition coefficient (Wildman–Crippen LogP) is 2.25. The fraction of sp³-hybridized carbons (Fsp3) is 0.375. The molecule has 1 aromatic heterocycles. The van der Waals surface area contributed by atoms with E-state index in [4.69, 9.17) is 0 Å². The number of benzene rings is 1. The average molecular weight is 332 g/mol. The fourth-order valence-corrected chi connectivity index (χ4v) is 3.81. The van der Waals surface area contributed by atoms with Gasteiger partial charge in [0, 0.05) is 47.7 Å². The van der Waals surface area contributed by atoms with Crippen LogP contribution in [0.25, 0.3) is 5.69 Å². The Hall–Kier alpha value is -2.15. The molecule has 2 aromatic rings. The molecule has 0 radical (unpaired) electrons. The molecule has 2 amide bonds. The molecule has 1 aromatic carbocycles. The van der Waals surface area contributed by atoms with Crippen LogP contribution in [0.2, 0.25) is 0 Å². The zero-order valence-corrected chi connectivity index (χ0v) is 14.0. The SMILES string of the molecule is CC1(C)CN(C(=O)Nc2ccc(-n3cccn3)cc2)CCS1=O. The Morgan fingerprint density at radius 2 is 2.04 bits per heavy atom. The highest BCUT2D eigenvalue weighted by Gasteiger charge is 2.35. The lowest BCUT2D eigenvalue weighted by Gasteiger charge is -2.37. The zero-order chi connectivity index (χ0) is 16.4. The van der Waals surface area contributed by atoms with Gasteiger partial charge in [-0.05, 0) is 44.2 Å². The van der Waals surface area contributed by atoms with Gasteiger partial charge in [0.05, 0.1) is 10.4 Å². The average Bonchev–Trinajstić information content (AvgIpc) is 3.05. The molecule has 7 heteroatoms. The van der Waals surface area contributed by atoms with Crippen molar-refractivity contribution in [2.24, 2.45) is 0 Å². The Kier molecular flexibility index (Phi) is 4.21. The Morgan fingerprint density at radius 3 is 2.65 bits per heavy atom. The minimum absolute atomic E-state index is 0.151. The molecule has 1 fully saturated rings. The number of rotatable bonds is 2. The van der Waals surface area contributed by atoms with Crippen LogP contribution in [0.4, 0.5) is 10.5 Å². The van der Waals surface area contributed by atoms with E-state index >= 15 is 0 Å². The normalized spacial score (nSPS) is 20.3. The van der Waals surface area contributed by atoms with Crippen molar-refractivity contribution in [2.45, 2.75) is 18.6 Å². The standard InChI is InChI=1S/C16H20N4O2S/c1-16(2)12-19(10-11-23(16)22)15(21)18-13-4-6-14(7-5-13)20-9-3-8-17-20/h3-9H,10-12H2,1-2H3,(H,18,21). The molecule has 2 heterocycles. The van der Waals surface area contributed by atoms with Crippen LogP contribution in [-0.4, -0.2) is 48.5 Å². The van der Waals surface area contributed by atoms with Crippen LogP contribution in [0.15, 0.2) is 42.7 Å². The minimum Gasteiger partial charge on any atom is -0.322 e. The van der Waals surface area contributed by atoms with Crippen molar-refractivity contribution in [1.82, 2.24) is 14.7 Å². The molecule has 122 valence electrons. The first kappa shape index (κ1) is 15.7. The number of nitrogens with one attached hydrogen (secondary N) is 1. The van der Waals surface area contributed by atoms with Crippen molar-refractivity contribution in [2.75, 3.05) is 24.2 Å². The zero-order valence-electron chi connectivity index (χ0n) is 13.2. The molecule has 3 rings (SSSR count). The van der Waals surface area contributed by atoms with Crippen molar-refractivity contribution in [3.63, 3.8) is 0 Å². The third-order valence-electron chi connectivity index (χ3n) is 3.91. The number of carbonyl (C=O) groups is 1. The maximum absolute atomic E-state index is 12.4. The molecule has 0 spiro atoms. The lowest BCUT2D eigenvalue weighted by Crippen LogP contribution is -2.53. The largest absolute Gasteiger partial charge is 0.322 e. The van der Waals surface area contributed by atoms with Crippen molar-refractivity contribution in [3.05, 3.63) is 42.7 Å². The van der Waals surface area contributed by atoms with E-state index in [1.54, 1.807) is 15.8 Å². The van der Waals surface area contributed by atoms with Crippen molar-refractivity contribution in [3.8, 4) is 5.69 Å². The van der Waals surface area contributed by atoms with E-state index in [-0.39, 0.29) is 10.8 Å². The van der Waals surface area contributed by atoms with E-state index in [0.29, 0.717) is 18.8 Å². The molecule has 6 nitrogen and oxygen atoms in total. The topological polar surface area (TPSA) is 67.2 Å². The summed E-state index contributed by atoms with van der Waals surface area (Å²) in [5.74, 6) is 0.526. The molecule has 1 aliphatic heterocycles. The van der Waals surface area contributed by atoms with Crippen LogP contribution < -0.4 is 5.32 Å². The molecule has 1 unspecified atom stereocenters. The van der Waals surface area contributed by atoms with E-state index in [0.717, 1.165) is 11.4 Å². The van der Waals surface area contributed by atoms with Crippen LogP contribution in [0.1, 0.15) is 13.8 Å². The lowest BCUT2D eigenvalue weighted by molar-refractivity contribution is 0.207. The summed E-state index contributed by atoms with van der Waals surface area (Å²) >= 11 is 0. The monoisotopic (exact) mass is 332 g/mol.